The van der Waals surface area contributed by atoms with Crippen molar-refractivity contribution >= 4 is 22.9 Å². The van der Waals surface area contributed by atoms with Crippen molar-refractivity contribution in [3.63, 3.8) is 0 Å². The molecule has 3 nitrogen and oxygen atoms in total. The highest BCUT2D eigenvalue weighted by Gasteiger charge is 2.01. The molecule has 0 unspecified atom stereocenters. The Labute approximate surface area is 93.1 Å². The van der Waals surface area contributed by atoms with Gasteiger partial charge in [-0.05, 0) is 30.2 Å². The van der Waals surface area contributed by atoms with Gasteiger partial charge in [-0.15, -0.1) is 0 Å². The summed E-state index contributed by atoms with van der Waals surface area (Å²) in [6.45, 7) is 1.99. The van der Waals surface area contributed by atoms with Crippen LogP contribution in [-0.2, 0) is 4.79 Å². The number of carboxylic acids is 1. The molecular weight excluding hydrogens is 202 g/mol. The van der Waals surface area contributed by atoms with E-state index >= 15 is 0 Å². The number of carboxylic acid groups (broad SMARTS) is 1. The third-order valence-corrected chi connectivity index (χ3v) is 2.41. The predicted molar refractivity (Wildman–Crippen MR) is 63.1 cm³/mol. The molecule has 80 valence electrons. The SMILES string of the molecule is Cc1cccc2c(/C=C/C(=O)O)ccnc12. The third-order valence-electron chi connectivity index (χ3n) is 2.41. The highest BCUT2D eigenvalue weighted by molar-refractivity contribution is 5.93. The summed E-state index contributed by atoms with van der Waals surface area (Å²) < 4.78 is 0. The molecule has 1 N–H and O–H groups in total. The number of aromatic nitrogens is 1. The van der Waals surface area contributed by atoms with Crippen LogP contribution in [0.3, 0.4) is 0 Å². The third kappa shape index (κ3) is 1.93. The van der Waals surface area contributed by atoms with E-state index in [2.05, 4.69) is 4.98 Å². The first kappa shape index (κ1) is 10.4. The first-order chi connectivity index (χ1) is 7.68. The number of rotatable bonds is 2. The maximum absolute atomic E-state index is 10.5. The zero-order valence-electron chi connectivity index (χ0n) is 8.84. The van der Waals surface area contributed by atoms with Gasteiger partial charge in [0.1, 0.15) is 0 Å². The van der Waals surface area contributed by atoms with Crippen molar-refractivity contribution in [3.05, 3.63) is 47.7 Å². The van der Waals surface area contributed by atoms with Gasteiger partial charge in [-0.25, -0.2) is 4.79 Å². The fourth-order valence-corrected chi connectivity index (χ4v) is 1.65. The Morgan fingerprint density at radius 2 is 2.19 bits per heavy atom. The molecule has 0 amide bonds. The van der Waals surface area contributed by atoms with Gasteiger partial charge in [0.25, 0.3) is 0 Å². The number of aliphatic carboxylic acids is 1. The Balaban J connectivity index is 2.63. The van der Waals surface area contributed by atoms with E-state index in [0.717, 1.165) is 28.1 Å². The van der Waals surface area contributed by atoms with Crippen LogP contribution in [0.15, 0.2) is 36.5 Å². The van der Waals surface area contributed by atoms with E-state index in [1.807, 2.05) is 25.1 Å². The number of hydrogen-bond acceptors (Lipinski definition) is 2. The number of para-hydroxylation sites is 1. The van der Waals surface area contributed by atoms with E-state index in [0.29, 0.717) is 0 Å². The summed E-state index contributed by atoms with van der Waals surface area (Å²) in [6, 6.07) is 7.68. The van der Waals surface area contributed by atoms with E-state index < -0.39 is 5.97 Å². The smallest absolute Gasteiger partial charge is 0.328 e. The Morgan fingerprint density at radius 3 is 2.94 bits per heavy atom. The lowest BCUT2D eigenvalue weighted by molar-refractivity contribution is -0.131. The molecular formula is C13H11NO2. The van der Waals surface area contributed by atoms with Crippen LogP contribution >= 0.6 is 0 Å². The van der Waals surface area contributed by atoms with E-state index in [1.165, 1.54) is 0 Å². The molecule has 16 heavy (non-hydrogen) atoms. The quantitative estimate of drug-likeness (QED) is 0.780. The maximum Gasteiger partial charge on any atom is 0.328 e. The van der Waals surface area contributed by atoms with Crippen LogP contribution in [0, 0.1) is 6.92 Å². The molecule has 3 heteroatoms. The van der Waals surface area contributed by atoms with Crippen LogP contribution in [0.25, 0.3) is 17.0 Å². The number of nitrogens with zero attached hydrogens (tertiary/aromatic N) is 1. The van der Waals surface area contributed by atoms with E-state index in [9.17, 15) is 4.79 Å². The Hall–Kier alpha value is -2.16. The zero-order chi connectivity index (χ0) is 11.5. The number of hydrogen-bond donors (Lipinski definition) is 1. The fraction of sp³-hybridized carbons (Fsp3) is 0.0769. The Morgan fingerprint density at radius 1 is 1.38 bits per heavy atom. The lowest BCUT2D eigenvalue weighted by Gasteiger charge is -2.03. The molecule has 1 aromatic heterocycles. The summed E-state index contributed by atoms with van der Waals surface area (Å²) in [6.07, 6.45) is 4.42. The zero-order valence-corrected chi connectivity index (χ0v) is 8.84. The van der Waals surface area contributed by atoms with Gasteiger partial charge in [-0.2, -0.15) is 0 Å². The van der Waals surface area contributed by atoms with Crippen molar-refractivity contribution in [3.8, 4) is 0 Å². The van der Waals surface area contributed by atoms with Gasteiger partial charge >= 0.3 is 5.97 Å². The molecule has 2 rings (SSSR count). The molecule has 0 aliphatic carbocycles. The summed E-state index contributed by atoms with van der Waals surface area (Å²) in [5.41, 5.74) is 2.87. The molecule has 0 saturated heterocycles. The molecule has 0 spiro atoms. The molecule has 0 fully saturated rings. The lowest BCUT2D eigenvalue weighted by Crippen LogP contribution is -1.88. The maximum atomic E-state index is 10.5. The molecule has 1 aromatic carbocycles. The molecule has 2 aromatic rings. The average molecular weight is 213 g/mol. The van der Waals surface area contributed by atoms with Crippen molar-refractivity contribution in [1.29, 1.82) is 0 Å². The van der Waals surface area contributed by atoms with Crippen LogP contribution in [0.1, 0.15) is 11.1 Å². The summed E-state index contributed by atoms with van der Waals surface area (Å²) in [5.74, 6) is -0.947. The van der Waals surface area contributed by atoms with Gasteiger partial charge in [0.05, 0.1) is 5.52 Å². The van der Waals surface area contributed by atoms with Crippen molar-refractivity contribution in [2.24, 2.45) is 0 Å². The summed E-state index contributed by atoms with van der Waals surface area (Å²) in [4.78, 5) is 14.8. The minimum Gasteiger partial charge on any atom is -0.478 e. The number of carbonyl (C=O) groups is 1. The first-order valence-corrected chi connectivity index (χ1v) is 4.94. The highest BCUT2D eigenvalue weighted by Crippen LogP contribution is 2.20. The van der Waals surface area contributed by atoms with Crippen molar-refractivity contribution < 1.29 is 9.90 Å². The molecule has 0 bridgehead atoms. The van der Waals surface area contributed by atoms with Crippen LogP contribution in [-0.4, -0.2) is 16.1 Å². The van der Waals surface area contributed by atoms with Gasteiger partial charge in [0.15, 0.2) is 0 Å². The monoisotopic (exact) mass is 213 g/mol. The second-order valence-electron chi connectivity index (χ2n) is 3.54. The minimum absolute atomic E-state index is 0.871. The first-order valence-electron chi connectivity index (χ1n) is 4.94. The number of aryl methyl sites for hydroxylation is 1. The molecule has 1 heterocycles. The Kier molecular flexibility index (Phi) is 2.68. The topological polar surface area (TPSA) is 50.2 Å². The lowest BCUT2D eigenvalue weighted by atomic mass is 10.1. The van der Waals surface area contributed by atoms with Crippen molar-refractivity contribution in [2.75, 3.05) is 0 Å². The molecule has 0 saturated carbocycles. The van der Waals surface area contributed by atoms with Crippen LogP contribution in [0.4, 0.5) is 0 Å². The summed E-state index contributed by atoms with van der Waals surface area (Å²) >= 11 is 0. The number of fused-ring (bicyclic) bond motifs is 1. The molecule has 0 atom stereocenters. The largest absolute Gasteiger partial charge is 0.478 e. The summed E-state index contributed by atoms with van der Waals surface area (Å²) in [5, 5.41) is 9.57. The number of pyridine rings is 1. The second-order valence-corrected chi connectivity index (χ2v) is 3.54. The van der Waals surface area contributed by atoms with Gasteiger partial charge in [0, 0.05) is 17.7 Å². The molecule has 0 aliphatic heterocycles. The normalized spacial score (nSPS) is 11.1. The van der Waals surface area contributed by atoms with Crippen LogP contribution < -0.4 is 0 Å². The van der Waals surface area contributed by atoms with Gasteiger partial charge in [-0.1, -0.05) is 18.2 Å². The van der Waals surface area contributed by atoms with Gasteiger partial charge < -0.3 is 5.11 Å². The van der Waals surface area contributed by atoms with E-state index in [-0.39, 0.29) is 0 Å². The van der Waals surface area contributed by atoms with Gasteiger partial charge in [0.2, 0.25) is 0 Å². The summed E-state index contributed by atoms with van der Waals surface area (Å²) in [7, 11) is 0. The van der Waals surface area contributed by atoms with E-state index in [4.69, 9.17) is 5.11 Å². The van der Waals surface area contributed by atoms with E-state index in [1.54, 1.807) is 18.3 Å². The Bertz CT molecular complexity index is 573. The van der Waals surface area contributed by atoms with Gasteiger partial charge in [-0.3, -0.25) is 4.98 Å². The molecule has 0 radical (unpaired) electrons. The molecule has 0 aliphatic rings. The highest BCUT2D eigenvalue weighted by atomic mass is 16.4. The predicted octanol–water partition coefficient (Wildman–Crippen LogP) is 2.64. The van der Waals surface area contributed by atoms with Crippen LogP contribution in [0.2, 0.25) is 0 Å². The minimum atomic E-state index is -0.947. The van der Waals surface area contributed by atoms with Crippen molar-refractivity contribution in [2.45, 2.75) is 6.92 Å². The van der Waals surface area contributed by atoms with Crippen LogP contribution in [0.5, 0.6) is 0 Å². The number of benzene rings is 1. The second kappa shape index (κ2) is 4.14. The standard InChI is InChI=1S/C13H11NO2/c1-9-3-2-4-11-10(5-6-12(15)16)7-8-14-13(9)11/h2-8H,1H3,(H,15,16)/b6-5+. The van der Waals surface area contributed by atoms with Crippen molar-refractivity contribution in [1.82, 2.24) is 4.98 Å². The average Bonchev–Trinajstić information content (AvgIpc) is 2.27. The fourth-order valence-electron chi connectivity index (χ4n) is 1.65.